The second-order valence-electron chi connectivity index (χ2n) is 10.5. The first-order valence-corrected chi connectivity index (χ1v) is 13.0. The Hall–Kier alpha value is -3.50. The molecule has 4 heterocycles. The molecule has 0 unspecified atom stereocenters. The summed E-state index contributed by atoms with van der Waals surface area (Å²) in [6, 6.07) is 7.78. The highest BCUT2D eigenvalue weighted by molar-refractivity contribution is 5.92. The van der Waals surface area contributed by atoms with Crippen LogP contribution in [-0.2, 0) is 25.6 Å². The van der Waals surface area contributed by atoms with E-state index in [1.54, 1.807) is 7.11 Å². The third kappa shape index (κ3) is 5.66. The van der Waals surface area contributed by atoms with Gasteiger partial charge in [-0.25, -0.2) is 4.98 Å². The van der Waals surface area contributed by atoms with Gasteiger partial charge in [-0.1, -0.05) is 0 Å². The fourth-order valence-electron chi connectivity index (χ4n) is 4.49. The van der Waals surface area contributed by atoms with Gasteiger partial charge in [-0.3, -0.25) is 9.78 Å². The molecule has 1 aromatic carbocycles. The molecule has 38 heavy (non-hydrogen) atoms. The largest absolute Gasteiger partial charge is 0.496 e. The molecular weight excluding hydrogens is 486 g/mol. The molecule has 2 aliphatic heterocycles. The average Bonchev–Trinajstić information content (AvgIpc) is 2.95. The third-order valence-electron chi connectivity index (χ3n) is 6.70. The zero-order chi connectivity index (χ0) is 26.7. The van der Waals surface area contributed by atoms with E-state index in [-0.39, 0.29) is 12.6 Å². The van der Waals surface area contributed by atoms with Gasteiger partial charge in [0.2, 0.25) is 5.95 Å². The van der Waals surface area contributed by atoms with Crippen molar-refractivity contribution in [2.24, 2.45) is 5.41 Å². The number of anilines is 2. The Bertz CT molecular complexity index is 1300. The lowest BCUT2D eigenvalue weighted by molar-refractivity contribution is -0.154. The van der Waals surface area contributed by atoms with Crippen LogP contribution in [0.2, 0.25) is 0 Å². The molecule has 0 saturated carbocycles. The number of fused-ring (bicyclic) bond motifs is 1. The van der Waals surface area contributed by atoms with Crippen molar-refractivity contribution in [1.29, 1.82) is 0 Å². The molecule has 10 heteroatoms. The van der Waals surface area contributed by atoms with E-state index in [2.05, 4.69) is 9.80 Å². The lowest BCUT2D eigenvalue weighted by atomic mass is 9.97. The lowest BCUT2D eigenvalue weighted by Crippen LogP contribution is -2.39. The number of nitrogens with zero attached hydrogens (tertiary/aromatic N) is 5. The number of pyridine rings is 1. The van der Waals surface area contributed by atoms with Gasteiger partial charge in [0, 0.05) is 43.5 Å². The van der Waals surface area contributed by atoms with Crippen molar-refractivity contribution in [2.45, 2.75) is 27.4 Å². The zero-order valence-corrected chi connectivity index (χ0v) is 22.5. The summed E-state index contributed by atoms with van der Waals surface area (Å²) in [5.74, 6) is 1.96. The highest BCUT2D eigenvalue weighted by Gasteiger charge is 2.24. The minimum atomic E-state index is -0.583. The van der Waals surface area contributed by atoms with Crippen molar-refractivity contribution in [1.82, 2.24) is 15.0 Å². The summed E-state index contributed by atoms with van der Waals surface area (Å²) in [5, 5.41) is 0.903. The monoisotopic (exact) mass is 521 g/mol. The van der Waals surface area contributed by atoms with Gasteiger partial charge in [0.1, 0.15) is 18.2 Å². The molecule has 0 aliphatic carbocycles. The van der Waals surface area contributed by atoms with Crippen LogP contribution in [-0.4, -0.2) is 80.6 Å². The first-order valence-electron chi connectivity index (χ1n) is 13.0. The van der Waals surface area contributed by atoms with Gasteiger partial charge in [0.15, 0.2) is 0 Å². The number of hydrogen-bond donors (Lipinski definition) is 0. The fraction of sp³-hybridized carbons (Fsp3) is 0.500. The Morgan fingerprint density at radius 1 is 0.974 bits per heavy atom. The van der Waals surface area contributed by atoms with E-state index in [9.17, 15) is 4.79 Å². The van der Waals surface area contributed by atoms with E-state index in [0.717, 1.165) is 59.7 Å². The molecule has 2 saturated heterocycles. The Labute approximate surface area is 222 Å². The van der Waals surface area contributed by atoms with Crippen molar-refractivity contribution in [3.8, 4) is 17.0 Å². The number of aromatic nitrogens is 3. The first kappa shape index (κ1) is 26.1. The number of morpholine rings is 2. The van der Waals surface area contributed by atoms with E-state index in [0.29, 0.717) is 38.1 Å². The minimum absolute atomic E-state index is 0.116. The number of esters is 1. The maximum absolute atomic E-state index is 12.4. The normalized spacial score (nSPS) is 16.5. The SMILES string of the molecule is COc1ccc(-c2cc3nc(N4CCOCC4)nc(N4CCOCC4)c3cn2)cc1COC(=O)C(C)(C)C. The molecule has 0 radical (unpaired) electrons. The van der Waals surface area contributed by atoms with E-state index >= 15 is 0 Å². The van der Waals surface area contributed by atoms with Crippen LogP contribution in [0.1, 0.15) is 26.3 Å². The summed E-state index contributed by atoms with van der Waals surface area (Å²) in [5.41, 5.74) is 2.66. The summed E-state index contributed by atoms with van der Waals surface area (Å²) in [4.78, 5) is 31.5. The van der Waals surface area contributed by atoms with E-state index in [1.165, 1.54) is 0 Å². The average molecular weight is 522 g/mol. The summed E-state index contributed by atoms with van der Waals surface area (Å²) in [7, 11) is 1.61. The van der Waals surface area contributed by atoms with Crippen LogP contribution in [0.5, 0.6) is 5.75 Å². The molecule has 3 aromatic rings. The van der Waals surface area contributed by atoms with Crippen molar-refractivity contribution in [3.05, 3.63) is 36.0 Å². The molecule has 202 valence electrons. The molecule has 0 spiro atoms. The Kier molecular flexibility index (Phi) is 7.62. The van der Waals surface area contributed by atoms with Crippen molar-refractivity contribution in [3.63, 3.8) is 0 Å². The van der Waals surface area contributed by atoms with Gasteiger partial charge in [-0.15, -0.1) is 0 Å². The summed E-state index contributed by atoms with van der Waals surface area (Å²) < 4.78 is 22.2. The molecule has 2 fully saturated rings. The molecule has 0 N–H and O–H groups in total. The zero-order valence-electron chi connectivity index (χ0n) is 22.5. The van der Waals surface area contributed by atoms with Crippen LogP contribution < -0.4 is 14.5 Å². The van der Waals surface area contributed by atoms with Gasteiger partial charge < -0.3 is 28.7 Å². The maximum Gasteiger partial charge on any atom is 0.311 e. The highest BCUT2D eigenvalue weighted by Crippen LogP contribution is 2.32. The molecule has 0 atom stereocenters. The number of ether oxygens (including phenoxy) is 4. The van der Waals surface area contributed by atoms with E-state index in [4.69, 9.17) is 33.9 Å². The van der Waals surface area contributed by atoms with E-state index < -0.39 is 5.41 Å². The Balaban J connectivity index is 1.52. The summed E-state index contributed by atoms with van der Waals surface area (Å²) >= 11 is 0. The topological polar surface area (TPSA) is 99.1 Å². The minimum Gasteiger partial charge on any atom is -0.496 e. The molecular formula is C28H35N5O5. The number of carbonyl (C=O) groups is 1. The van der Waals surface area contributed by atoms with Gasteiger partial charge in [-0.05, 0) is 45.0 Å². The molecule has 2 aliphatic rings. The van der Waals surface area contributed by atoms with Crippen LogP contribution in [0.4, 0.5) is 11.8 Å². The van der Waals surface area contributed by atoms with Crippen LogP contribution in [0, 0.1) is 5.41 Å². The number of benzene rings is 1. The van der Waals surface area contributed by atoms with Gasteiger partial charge in [0.05, 0.1) is 55.5 Å². The Morgan fingerprint density at radius 3 is 2.32 bits per heavy atom. The predicted molar refractivity (Wildman–Crippen MR) is 145 cm³/mol. The second kappa shape index (κ2) is 11.1. The summed E-state index contributed by atoms with van der Waals surface area (Å²) in [6.45, 7) is 11.3. The number of carbonyl (C=O) groups excluding carboxylic acids is 1. The Morgan fingerprint density at radius 2 is 1.66 bits per heavy atom. The van der Waals surface area contributed by atoms with Gasteiger partial charge in [0.25, 0.3) is 0 Å². The predicted octanol–water partition coefficient (Wildman–Crippen LogP) is 3.46. The van der Waals surface area contributed by atoms with Gasteiger partial charge >= 0.3 is 5.97 Å². The second-order valence-corrected chi connectivity index (χ2v) is 10.5. The lowest BCUT2D eigenvalue weighted by Gasteiger charge is -2.31. The molecule has 0 amide bonds. The van der Waals surface area contributed by atoms with Crippen LogP contribution in [0.3, 0.4) is 0 Å². The summed E-state index contributed by atoms with van der Waals surface area (Å²) in [6.07, 6.45) is 1.85. The smallest absolute Gasteiger partial charge is 0.311 e. The molecule has 5 rings (SSSR count). The fourth-order valence-corrected chi connectivity index (χ4v) is 4.49. The van der Waals surface area contributed by atoms with Crippen molar-refractivity contribution >= 4 is 28.6 Å². The number of methoxy groups -OCH3 is 1. The van der Waals surface area contributed by atoms with Crippen molar-refractivity contribution in [2.75, 3.05) is 69.5 Å². The van der Waals surface area contributed by atoms with Gasteiger partial charge in [-0.2, -0.15) is 4.98 Å². The number of hydrogen-bond acceptors (Lipinski definition) is 10. The standard InChI is InChI=1S/C28H35N5O5/c1-28(2,3)26(34)38-18-20-15-19(5-6-24(20)35-4)22-16-23-21(17-29-22)25(32-7-11-36-12-8-32)31-27(30-23)33-9-13-37-14-10-33/h5-6,15-17H,7-14,18H2,1-4H3. The first-order chi connectivity index (χ1) is 18.3. The van der Waals surface area contributed by atoms with Crippen LogP contribution >= 0.6 is 0 Å². The molecule has 10 nitrogen and oxygen atoms in total. The highest BCUT2D eigenvalue weighted by atomic mass is 16.5. The van der Waals surface area contributed by atoms with Crippen molar-refractivity contribution < 1.29 is 23.7 Å². The molecule has 2 aromatic heterocycles. The number of rotatable bonds is 6. The van der Waals surface area contributed by atoms with Crippen LogP contribution in [0.25, 0.3) is 22.2 Å². The third-order valence-corrected chi connectivity index (χ3v) is 6.70. The van der Waals surface area contributed by atoms with Crippen LogP contribution in [0.15, 0.2) is 30.5 Å². The van der Waals surface area contributed by atoms with E-state index in [1.807, 2.05) is 51.2 Å². The molecule has 0 bridgehead atoms. The maximum atomic E-state index is 12.4. The quantitative estimate of drug-likeness (QED) is 0.449.